The van der Waals surface area contributed by atoms with Crippen molar-refractivity contribution in [3.8, 4) is 17.2 Å². The minimum atomic E-state index is -0.625. The first-order valence-corrected chi connectivity index (χ1v) is 10.0. The lowest BCUT2D eigenvalue weighted by Gasteiger charge is -2.14. The average molecular weight is 415 g/mol. The molecule has 0 spiro atoms. The third-order valence-corrected chi connectivity index (χ3v) is 3.85. The Morgan fingerprint density at radius 3 is 2.30 bits per heavy atom. The van der Waals surface area contributed by atoms with E-state index in [1.54, 1.807) is 36.4 Å². The number of amides is 1. The fourth-order valence-corrected chi connectivity index (χ4v) is 2.53. The van der Waals surface area contributed by atoms with Gasteiger partial charge >= 0.3 is 5.97 Å². The molecule has 0 atom stereocenters. The molecule has 0 unspecified atom stereocenters. The van der Waals surface area contributed by atoms with Crippen molar-refractivity contribution in [1.29, 1.82) is 0 Å². The smallest absolute Gasteiger partial charge is 0.338 e. The number of nitrogens with one attached hydrogen (secondary N) is 1. The molecule has 7 nitrogen and oxygen atoms in total. The monoisotopic (exact) mass is 415 g/mol. The minimum absolute atomic E-state index is 0.276. The maximum atomic E-state index is 12.4. The number of para-hydroxylation sites is 2. The highest BCUT2D eigenvalue weighted by Crippen LogP contribution is 2.29. The van der Waals surface area contributed by atoms with E-state index in [-0.39, 0.29) is 5.56 Å². The van der Waals surface area contributed by atoms with Crippen molar-refractivity contribution in [3.05, 3.63) is 48.0 Å². The van der Waals surface area contributed by atoms with Gasteiger partial charge in [0.05, 0.1) is 31.1 Å². The number of carbonyl (C=O) groups excluding carboxylic acids is 2. The van der Waals surface area contributed by atoms with Gasteiger partial charge in [0.25, 0.3) is 5.91 Å². The summed E-state index contributed by atoms with van der Waals surface area (Å²) >= 11 is 0. The molecule has 1 amide bonds. The van der Waals surface area contributed by atoms with Crippen molar-refractivity contribution in [2.45, 2.75) is 27.7 Å². The van der Waals surface area contributed by atoms with Crippen molar-refractivity contribution < 1.29 is 28.5 Å². The van der Waals surface area contributed by atoms with Crippen LogP contribution in [-0.2, 0) is 9.53 Å². The average Bonchev–Trinajstić information content (AvgIpc) is 2.72. The van der Waals surface area contributed by atoms with E-state index in [0.29, 0.717) is 48.7 Å². The van der Waals surface area contributed by atoms with Gasteiger partial charge in [0.1, 0.15) is 5.75 Å². The largest absolute Gasteiger partial charge is 0.492 e. The second kappa shape index (κ2) is 11.7. The van der Waals surface area contributed by atoms with E-state index in [1.165, 1.54) is 0 Å². The van der Waals surface area contributed by atoms with Crippen LogP contribution in [0.2, 0.25) is 0 Å². The summed E-state index contributed by atoms with van der Waals surface area (Å²) in [4.78, 5) is 24.6. The van der Waals surface area contributed by atoms with E-state index < -0.39 is 18.5 Å². The number of anilines is 1. The molecular formula is C23H29NO6. The van der Waals surface area contributed by atoms with Crippen molar-refractivity contribution in [2.75, 3.05) is 31.7 Å². The van der Waals surface area contributed by atoms with Crippen molar-refractivity contribution >= 4 is 17.6 Å². The molecule has 2 aromatic carbocycles. The molecule has 0 saturated heterocycles. The minimum Gasteiger partial charge on any atom is -0.492 e. The molecule has 0 aliphatic heterocycles. The zero-order valence-electron chi connectivity index (χ0n) is 17.9. The maximum absolute atomic E-state index is 12.4. The van der Waals surface area contributed by atoms with Crippen LogP contribution in [0, 0.1) is 5.92 Å². The van der Waals surface area contributed by atoms with Crippen LogP contribution < -0.4 is 19.5 Å². The number of ether oxygens (including phenoxy) is 4. The Bertz CT molecular complexity index is 849. The van der Waals surface area contributed by atoms with E-state index in [1.807, 2.05) is 33.8 Å². The summed E-state index contributed by atoms with van der Waals surface area (Å²) in [5, 5.41) is 2.68. The summed E-state index contributed by atoms with van der Waals surface area (Å²) in [6.07, 6.45) is 0. The van der Waals surface area contributed by atoms with Crippen LogP contribution in [0.25, 0.3) is 0 Å². The van der Waals surface area contributed by atoms with E-state index in [2.05, 4.69) is 5.32 Å². The molecule has 0 aliphatic carbocycles. The lowest BCUT2D eigenvalue weighted by molar-refractivity contribution is -0.119. The van der Waals surface area contributed by atoms with E-state index >= 15 is 0 Å². The molecule has 0 aliphatic rings. The van der Waals surface area contributed by atoms with Gasteiger partial charge in [-0.25, -0.2) is 4.79 Å². The fraction of sp³-hybridized carbons (Fsp3) is 0.391. The van der Waals surface area contributed by atoms with Crippen LogP contribution in [0.5, 0.6) is 17.2 Å². The zero-order valence-corrected chi connectivity index (χ0v) is 17.9. The first-order valence-electron chi connectivity index (χ1n) is 10.0. The van der Waals surface area contributed by atoms with E-state index in [4.69, 9.17) is 18.9 Å². The van der Waals surface area contributed by atoms with Crippen LogP contribution in [0.3, 0.4) is 0 Å². The van der Waals surface area contributed by atoms with Gasteiger partial charge in [0.15, 0.2) is 18.1 Å². The number of carbonyl (C=O) groups is 2. The van der Waals surface area contributed by atoms with Crippen LogP contribution in [0.1, 0.15) is 38.1 Å². The predicted molar refractivity (Wildman–Crippen MR) is 114 cm³/mol. The summed E-state index contributed by atoms with van der Waals surface area (Å²) in [5.74, 6) is 0.848. The molecule has 0 fully saturated rings. The summed E-state index contributed by atoms with van der Waals surface area (Å²) in [6, 6.07) is 11.9. The van der Waals surface area contributed by atoms with Gasteiger partial charge in [-0.3, -0.25) is 4.79 Å². The molecule has 1 N–H and O–H groups in total. The predicted octanol–water partition coefficient (Wildman–Crippen LogP) is 4.31. The Morgan fingerprint density at radius 1 is 0.900 bits per heavy atom. The molecule has 0 bridgehead atoms. The van der Waals surface area contributed by atoms with Crippen LogP contribution >= 0.6 is 0 Å². The van der Waals surface area contributed by atoms with Crippen LogP contribution in [-0.4, -0.2) is 38.3 Å². The Hall–Kier alpha value is -3.22. The highest BCUT2D eigenvalue weighted by Gasteiger charge is 2.15. The Kier molecular flexibility index (Phi) is 9.00. The van der Waals surface area contributed by atoms with Gasteiger partial charge in [0.2, 0.25) is 0 Å². The van der Waals surface area contributed by atoms with Crippen LogP contribution in [0.4, 0.5) is 5.69 Å². The quantitative estimate of drug-likeness (QED) is 0.551. The van der Waals surface area contributed by atoms with Gasteiger partial charge in [-0.05, 0) is 50.1 Å². The first-order chi connectivity index (χ1) is 14.4. The molecule has 0 aromatic heterocycles. The molecule has 0 radical (unpaired) electrons. The molecule has 2 rings (SSSR count). The highest BCUT2D eigenvalue weighted by atomic mass is 16.5. The summed E-state index contributed by atoms with van der Waals surface area (Å²) in [7, 11) is 0. The Morgan fingerprint density at radius 2 is 1.60 bits per heavy atom. The van der Waals surface area contributed by atoms with Gasteiger partial charge in [-0.1, -0.05) is 26.0 Å². The molecule has 0 heterocycles. The summed E-state index contributed by atoms with van der Waals surface area (Å²) in [5.41, 5.74) is 0.795. The highest BCUT2D eigenvalue weighted by molar-refractivity contribution is 5.96. The second-order valence-electron chi connectivity index (χ2n) is 6.85. The third-order valence-electron chi connectivity index (χ3n) is 3.85. The van der Waals surface area contributed by atoms with Gasteiger partial charge in [0, 0.05) is 0 Å². The molecule has 0 saturated carbocycles. The molecule has 2 aromatic rings. The SMILES string of the molecule is CCOc1ccccc1NC(=O)COC(=O)c1ccc(OCC(C)C)c(OCC)c1. The summed E-state index contributed by atoms with van der Waals surface area (Å²) in [6.45, 7) is 8.81. The number of hydrogen-bond donors (Lipinski definition) is 1. The molecule has 30 heavy (non-hydrogen) atoms. The number of benzene rings is 2. The number of hydrogen-bond acceptors (Lipinski definition) is 6. The lowest BCUT2D eigenvalue weighted by Crippen LogP contribution is -2.21. The summed E-state index contributed by atoms with van der Waals surface area (Å²) < 4.78 is 21.9. The zero-order chi connectivity index (χ0) is 21.9. The maximum Gasteiger partial charge on any atom is 0.338 e. The second-order valence-corrected chi connectivity index (χ2v) is 6.85. The third kappa shape index (κ3) is 6.99. The van der Waals surface area contributed by atoms with Crippen molar-refractivity contribution in [3.63, 3.8) is 0 Å². The fourth-order valence-electron chi connectivity index (χ4n) is 2.53. The first kappa shape index (κ1) is 23.1. The van der Waals surface area contributed by atoms with Gasteiger partial charge in [-0.15, -0.1) is 0 Å². The van der Waals surface area contributed by atoms with Gasteiger partial charge in [-0.2, -0.15) is 0 Å². The normalized spacial score (nSPS) is 10.4. The standard InChI is InChI=1S/C23H29NO6/c1-5-27-19-10-8-7-9-18(19)24-22(25)15-30-23(26)17-11-12-20(29-14-16(3)4)21(13-17)28-6-2/h7-13,16H,5-6,14-15H2,1-4H3,(H,24,25). The lowest BCUT2D eigenvalue weighted by atomic mass is 10.2. The van der Waals surface area contributed by atoms with Gasteiger partial charge < -0.3 is 24.3 Å². The van der Waals surface area contributed by atoms with Crippen molar-refractivity contribution in [2.24, 2.45) is 5.92 Å². The number of esters is 1. The molecule has 162 valence electrons. The van der Waals surface area contributed by atoms with Crippen LogP contribution in [0.15, 0.2) is 42.5 Å². The van der Waals surface area contributed by atoms with E-state index in [9.17, 15) is 9.59 Å². The Labute approximate surface area is 177 Å². The molecular weight excluding hydrogens is 386 g/mol. The number of rotatable bonds is 11. The van der Waals surface area contributed by atoms with E-state index in [0.717, 1.165) is 0 Å². The Balaban J connectivity index is 1.98. The topological polar surface area (TPSA) is 83.1 Å². The molecule has 7 heteroatoms. The van der Waals surface area contributed by atoms with Crippen molar-refractivity contribution in [1.82, 2.24) is 0 Å².